The van der Waals surface area contributed by atoms with E-state index in [4.69, 9.17) is 0 Å². The number of hydrogen-bond donors (Lipinski definition) is 0. The van der Waals surface area contributed by atoms with Gasteiger partial charge in [0.1, 0.15) is 0 Å². The van der Waals surface area contributed by atoms with Gasteiger partial charge in [-0.1, -0.05) is 36.7 Å². The van der Waals surface area contributed by atoms with Gasteiger partial charge in [0, 0.05) is 11.1 Å². The van der Waals surface area contributed by atoms with Crippen LogP contribution in [0.3, 0.4) is 0 Å². The van der Waals surface area contributed by atoms with Gasteiger partial charge in [0.05, 0.1) is 5.33 Å². The second-order valence-corrected chi connectivity index (χ2v) is 5.43. The lowest BCUT2D eigenvalue weighted by Gasteiger charge is -2.14. The molecule has 0 atom stereocenters. The van der Waals surface area contributed by atoms with E-state index in [0.717, 1.165) is 4.88 Å². The number of carbonyl (C=O) groups is 1. The van der Waals surface area contributed by atoms with Crippen molar-refractivity contribution in [3.05, 3.63) is 16.1 Å². The zero-order chi connectivity index (χ0) is 10.1. The fourth-order valence-electron chi connectivity index (χ4n) is 0.807. The molecule has 14 heavy (non-hydrogen) atoms. The summed E-state index contributed by atoms with van der Waals surface area (Å²) in [5.74, 6) is 0.0560. The SMILES string of the molecule is Br.CC(C)(C)c1cnc(C(=O)CBr)s1. The Morgan fingerprint density at radius 1 is 1.57 bits per heavy atom. The van der Waals surface area contributed by atoms with Gasteiger partial charge < -0.3 is 0 Å². The van der Waals surface area contributed by atoms with E-state index in [-0.39, 0.29) is 28.2 Å². The van der Waals surface area contributed by atoms with Crippen LogP contribution >= 0.6 is 44.2 Å². The Morgan fingerprint density at radius 2 is 2.14 bits per heavy atom. The summed E-state index contributed by atoms with van der Waals surface area (Å²) in [6, 6.07) is 0. The van der Waals surface area contributed by atoms with Crippen LogP contribution in [0.4, 0.5) is 0 Å². The predicted octanol–water partition coefficient (Wildman–Crippen LogP) is 3.60. The predicted molar refractivity (Wildman–Crippen MR) is 69.3 cm³/mol. The van der Waals surface area contributed by atoms with Crippen molar-refractivity contribution in [2.45, 2.75) is 26.2 Å². The summed E-state index contributed by atoms with van der Waals surface area (Å²) in [6.45, 7) is 6.34. The van der Waals surface area contributed by atoms with Crippen molar-refractivity contribution in [2.24, 2.45) is 0 Å². The number of ketones is 1. The lowest BCUT2D eigenvalue weighted by molar-refractivity contribution is 0.102. The summed E-state index contributed by atoms with van der Waals surface area (Å²) in [5.41, 5.74) is 0.0858. The van der Waals surface area contributed by atoms with Crippen molar-refractivity contribution < 1.29 is 4.79 Å². The second kappa shape index (κ2) is 5.37. The molecule has 0 aromatic carbocycles. The molecule has 0 N–H and O–H groups in total. The highest BCUT2D eigenvalue weighted by Gasteiger charge is 2.19. The van der Waals surface area contributed by atoms with Crippen LogP contribution in [0, 0.1) is 0 Å². The van der Waals surface area contributed by atoms with Crippen LogP contribution in [0.15, 0.2) is 6.20 Å². The molecule has 80 valence electrons. The number of aromatic nitrogens is 1. The Bertz CT molecular complexity index is 317. The van der Waals surface area contributed by atoms with Crippen LogP contribution in [-0.2, 0) is 5.41 Å². The van der Waals surface area contributed by atoms with Crippen molar-refractivity contribution >= 4 is 50.0 Å². The second-order valence-electron chi connectivity index (χ2n) is 3.84. The van der Waals surface area contributed by atoms with E-state index in [1.807, 2.05) is 0 Å². The number of halogens is 2. The topological polar surface area (TPSA) is 30.0 Å². The van der Waals surface area contributed by atoms with E-state index >= 15 is 0 Å². The highest BCUT2D eigenvalue weighted by Crippen LogP contribution is 2.27. The first-order valence-electron chi connectivity index (χ1n) is 4.00. The maximum atomic E-state index is 11.3. The van der Waals surface area contributed by atoms with Gasteiger partial charge in [0.25, 0.3) is 0 Å². The minimum Gasteiger partial charge on any atom is -0.291 e. The number of rotatable bonds is 2. The van der Waals surface area contributed by atoms with Crippen molar-refractivity contribution in [3.8, 4) is 0 Å². The molecule has 0 bridgehead atoms. The van der Waals surface area contributed by atoms with Gasteiger partial charge in [-0.15, -0.1) is 28.3 Å². The first-order chi connectivity index (χ1) is 5.95. The molecule has 0 saturated heterocycles. The van der Waals surface area contributed by atoms with E-state index in [2.05, 4.69) is 41.7 Å². The Kier molecular flexibility index (Phi) is 5.47. The quantitative estimate of drug-likeness (QED) is 0.607. The summed E-state index contributed by atoms with van der Waals surface area (Å²) in [5, 5.41) is 0.950. The molecule has 1 aromatic heterocycles. The van der Waals surface area contributed by atoms with Crippen LogP contribution < -0.4 is 0 Å². The average molecular weight is 343 g/mol. The third-order valence-corrected chi connectivity index (χ3v) is 3.58. The fourth-order valence-corrected chi connectivity index (χ4v) is 2.17. The lowest BCUT2D eigenvalue weighted by Crippen LogP contribution is -2.08. The molecule has 0 aliphatic heterocycles. The van der Waals surface area contributed by atoms with Crippen LogP contribution in [0.25, 0.3) is 0 Å². The van der Waals surface area contributed by atoms with Crippen molar-refractivity contribution in [2.75, 3.05) is 5.33 Å². The summed E-state index contributed by atoms with van der Waals surface area (Å²) in [4.78, 5) is 16.5. The first-order valence-corrected chi connectivity index (χ1v) is 5.94. The minimum absolute atomic E-state index is 0. The average Bonchev–Trinajstić information content (AvgIpc) is 2.50. The maximum absolute atomic E-state index is 11.3. The Hall–Kier alpha value is 0.260. The minimum atomic E-state index is 0. The normalized spacial score (nSPS) is 10.9. The molecule has 0 radical (unpaired) electrons. The zero-order valence-electron chi connectivity index (χ0n) is 8.33. The van der Waals surface area contributed by atoms with Gasteiger partial charge in [0.2, 0.25) is 5.78 Å². The number of carbonyl (C=O) groups excluding carboxylic acids is 1. The molecule has 5 heteroatoms. The van der Waals surface area contributed by atoms with Crippen molar-refractivity contribution in [1.29, 1.82) is 0 Å². The molecule has 1 rings (SSSR count). The lowest BCUT2D eigenvalue weighted by atomic mass is 9.96. The van der Waals surface area contributed by atoms with E-state index in [9.17, 15) is 4.79 Å². The molecule has 0 spiro atoms. The molecule has 0 saturated carbocycles. The summed E-state index contributed by atoms with van der Waals surface area (Å²) < 4.78 is 0. The van der Waals surface area contributed by atoms with Crippen LogP contribution in [0.5, 0.6) is 0 Å². The van der Waals surface area contributed by atoms with Gasteiger partial charge in [0.15, 0.2) is 5.01 Å². The molecular formula is C9H13Br2NOS. The molecular weight excluding hydrogens is 330 g/mol. The van der Waals surface area contributed by atoms with Crippen molar-refractivity contribution in [3.63, 3.8) is 0 Å². The van der Waals surface area contributed by atoms with E-state index in [1.54, 1.807) is 6.20 Å². The van der Waals surface area contributed by atoms with Gasteiger partial charge in [-0.3, -0.25) is 4.79 Å². The molecule has 0 aliphatic rings. The summed E-state index contributed by atoms with van der Waals surface area (Å²) >= 11 is 4.61. The third kappa shape index (κ3) is 3.44. The highest BCUT2D eigenvalue weighted by molar-refractivity contribution is 9.09. The largest absolute Gasteiger partial charge is 0.291 e. The maximum Gasteiger partial charge on any atom is 0.201 e. The van der Waals surface area contributed by atoms with Crippen molar-refractivity contribution in [1.82, 2.24) is 4.98 Å². The molecule has 0 aliphatic carbocycles. The van der Waals surface area contributed by atoms with Gasteiger partial charge in [-0.05, 0) is 5.41 Å². The monoisotopic (exact) mass is 341 g/mol. The standard InChI is InChI=1S/C9H12BrNOS.BrH/c1-9(2,3)7-5-11-8(13-7)6(12)4-10;/h5H,4H2,1-3H3;1H. The summed E-state index contributed by atoms with van der Waals surface area (Å²) in [6.07, 6.45) is 1.79. The van der Waals surface area contributed by atoms with Crippen LogP contribution in [0.2, 0.25) is 0 Å². The van der Waals surface area contributed by atoms with Crippen LogP contribution in [0.1, 0.15) is 35.5 Å². The molecule has 1 aromatic rings. The first kappa shape index (κ1) is 14.3. The number of Topliss-reactive ketones (excluding diaryl/α,β-unsaturated/α-hetero) is 1. The van der Waals surface area contributed by atoms with E-state index in [0.29, 0.717) is 10.3 Å². The molecule has 0 amide bonds. The fraction of sp³-hybridized carbons (Fsp3) is 0.556. The van der Waals surface area contributed by atoms with E-state index < -0.39 is 0 Å². The third-order valence-electron chi connectivity index (χ3n) is 1.60. The number of thiazole rings is 1. The van der Waals surface area contributed by atoms with E-state index in [1.165, 1.54) is 11.3 Å². The van der Waals surface area contributed by atoms with Gasteiger partial charge in [-0.2, -0.15) is 0 Å². The number of nitrogens with zero attached hydrogens (tertiary/aromatic N) is 1. The van der Waals surface area contributed by atoms with Crippen LogP contribution in [-0.4, -0.2) is 16.1 Å². The molecule has 0 unspecified atom stereocenters. The number of hydrogen-bond acceptors (Lipinski definition) is 3. The highest BCUT2D eigenvalue weighted by atomic mass is 79.9. The smallest absolute Gasteiger partial charge is 0.201 e. The Morgan fingerprint density at radius 3 is 2.50 bits per heavy atom. The zero-order valence-corrected chi connectivity index (χ0v) is 12.4. The Labute approximate surface area is 107 Å². The molecule has 0 fully saturated rings. The van der Waals surface area contributed by atoms with Gasteiger partial charge >= 0.3 is 0 Å². The Balaban J connectivity index is 0.00000169. The molecule has 2 nitrogen and oxygen atoms in total. The molecule has 1 heterocycles. The van der Waals surface area contributed by atoms with Gasteiger partial charge in [-0.25, -0.2) is 4.98 Å². The number of alkyl halides is 1. The summed E-state index contributed by atoms with van der Waals surface area (Å²) in [7, 11) is 0.